The van der Waals surface area contributed by atoms with Gasteiger partial charge in [-0.25, -0.2) is 4.79 Å². The first-order valence-corrected chi connectivity index (χ1v) is 9.12. The Bertz CT molecular complexity index is 358. The van der Waals surface area contributed by atoms with Gasteiger partial charge in [0.1, 0.15) is 0 Å². The van der Waals surface area contributed by atoms with Crippen molar-refractivity contribution >= 4 is 6.16 Å². The van der Waals surface area contributed by atoms with Gasteiger partial charge in [-0.1, -0.05) is 101 Å². The van der Waals surface area contributed by atoms with Crippen LogP contribution in [0, 0.1) is 0 Å². The average molecular weight is 322 g/mol. The molecule has 3 heteroatoms. The van der Waals surface area contributed by atoms with Crippen LogP contribution >= 0.6 is 0 Å². The minimum Gasteiger partial charge on any atom is -0.450 e. The molecule has 0 radical (unpaired) electrons. The third-order valence-electron chi connectivity index (χ3n) is 3.91. The van der Waals surface area contributed by atoms with Gasteiger partial charge in [0, 0.05) is 0 Å². The molecule has 0 aliphatic carbocycles. The molecule has 0 aliphatic rings. The summed E-state index contributed by atoms with van der Waals surface area (Å²) in [7, 11) is 0. The second kappa shape index (κ2) is 16.9. The number of aryl methyl sites for hydroxylation is 1. The molecule has 23 heavy (non-hydrogen) atoms. The fraction of sp³-hybridized carbons (Fsp3) is 0.650. The Labute approximate surface area is 141 Å². The van der Waals surface area contributed by atoms with Crippen LogP contribution in [0.4, 0.5) is 4.79 Å². The van der Waals surface area contributed by atoms with E-state index in [9.17, 15) is 0 Å². The van der Waals surface area contributed by atoms with Gasteiger partial charge in [0.2, 0.25) is 0 Å². The zero-order chi connectivity index (χ0) is 17.2. The molecule has 0 saturated heterocycles. The lowest BCUT2D eigenvalue weighted by Crippen LogP contribution is -1.86. The Morgan fingerprint density at radius 1 is 0.739 bits per heavy atom. The Kier molecular flexibility index (Phi) is 15.7. The molecule has 0 heterocycles. The summed E-state index contributed by atoms with van der Waals surface area (Å²) in [5.41, 5.74) is 1.50. The Morgan fingerprint density at radius 3 is 1.57 bits per heavy atom. The van der Waals surface area contributed by atoms with Gasteiger partial charge in [0.05, 0.1) is 0 Å². The molecule has 0 saturated carbocycles. The van der Waals surface area contributed by atoms with Gasteiger partial charge in [-0.15, -0.1) is 0 Å². The van der Waals surface area contributed by atoms with E-state index in [4.69, 9.17) is 15.0 Å². The van der Waals surface area contributed by atoms with Crippen molar-refractivity contribution < 1.29 is 15.0 Å². The summed E-state index contributed by atoms with van der Waals surface area (Å²) in [6.45, 7) is 2.29. The van der Waals surface area contributed by atoms with E-state index in [1.54, 1.807) is 0 Å². The van der Waals surface area contributed by atoms with Crippen LogP contribution in [-0.2, 0) is 6.42 Å². The molecule has 0 bridgehead atoms. The molecule has 0 amide bonds. The topological polar surface area (TPSA) is 57.5 Å². The van der Waals surface area contributed by atoms with Crippen LogP contribution in [0.2, 0.25) is 0 Å². The average Bonchev–Trinajstić information content (AvgIpc) is 2.53. The number of hydrogen-bond acceptors (Lipinski definition) is 1. The van der Waals surface area contributed by atoms with E-state index in [0.29, 0.717) is 0 Å². The minimum absolute atomic E-state index is 1.26. The first-order valence-electron chi connectivity index (χ1n) is 9.12. The van der Waals surface area contributed by atoms with Crippen molar-refractivity contribution in [3.05, 3.63) is 35.9 Å². The maximum atomic E-state index is 8.56. The van der Waals surface area contributed by atoms with Crippen LogP contribution in [0.5, 0.6) is 0 Å². The lowest BCUT2D eigenvalue weighted by molar-refractivity contribution is 0.137. The maximum Gasteiger partial charge on any atom is 0.503 e. The molecule has 0 unspecified atom stereocenters. The summed E-state index contributed by atoms with van der Waals surface area (Å²) in [4.78, 5) is 8.56. The van der Waals surface area contributed by atoms with Crippen molar-refractivity contribution in [3.63, 3.8) is 0 Å². The van der Waals surface area contributed by atoms with Crippen LogP contribution < -0.4 is 0 Å². The van der Waals surface area contributed by atoms with E-state index in [2.05, 4.69) is 37.3 Å². The van der Waals surface area contributed by atoms with Crippen LogP contribution in [0.25, 0.3) is 0 Å². The number of unbranched alkanes of at least 4 members (excludes halogenated alkanes) is 10. The minimum atomic E-state index is -1.83. The number of benzene rings is 1. The fourth-order valence-corrected chi connectivity index (χ4v) is 2.64. The zero-order valence-electron chi connectivity index (χ0n) is 14.7. The molecule has 1 aromatic carbocycles. The summed E-state index contributed by atoms with van der Waals surface area (Å²) >= 11 is 0. The van der Waals surface area contributed by atoms with Crippen molar-refractivity contribution in [3.8, 4) is 0 Å². The highest BCUT2D eigenvalue weighted by molar-refractivity contribution is 5.53. The molecule has 0 aromatic heterocycles. The largest absolute Gasteiger partial charge is 0.503 e. The van der Waals surface area contributed by atoms with Gasteiger partial charge in [-0.05, 0) is 18.4 Å². The van der Waals surface area contributed by atoms with Crippen LogP contribution in [-0.4, -0.2) is 16.4 Å². The van der Waals surface area contributed by atoms with Gasteiger partial charge < -0.3 is 10.2 Å². The first-order chi connectivity index (χ1) is 11.2. The van der Waals surface area contributed by atoms with Gasteiger partial charge >= 0.3 is 6.16 Å². The van der Waals surface area contributed by atoms with Gasteiger partial charge in [-0.3, -0.25) is 0 Å². The molecule has 1 rings (SSSR count). The highest BCUT2D eigenvalue weighted by Gasteiger charge is 1.94. The molecular formula is C20H34O3. The lowest BCUT2D eigenvalue weighted by atomic mass is 10.0. The normalized spacial score (nSPS) is 9.96. The van der Waals surface area contributed by atoms with E-state index in [1.165, 1.54) is 82.6 Å². The van der Waals surface area contributed by atoms with E-state index in [0.717, 1.165) is 0 Å². The van der Waals surface area contributed by atoms with Gasteiger partial charge in [0.15, 0.2) is 0 Å². The van der Waals surface area contributed by atoms with Crippen molar-refractivity contribution in [2.75, 3.05) is 0 Å². The Morgan fingerprint density at radius 2 is 1.13 bits per heavy atom. The summed E-state index contributed by atoms with van der Waals surface area (Å²) < 4.78 is 0. The van der Waals surface area contributed by atoms with E-state index in [1.807, 2.05) is 0 Å². The molecule has 0 fully saturated rings. The number of rotatable bonds is 12. The van der Waals surface area contributed by atoms with Crippen LogP contribution in [0.3, 0.4) is 0 Å². The predicted octanol–water partition coefficient (Wildman–Crippen LogP) is 6.76. The van der Waals surface area contributed by atoms with Crippen molar-refractivity contribution in [2.24, 2.45) is 0 Å². The lowest BCUT2D eigenvalue weighted by Gasteiger charge is -2.03. The maximum absolute atomic E-state index is 8.56. The number of carbonyl (C=O) groups is 1. The van der Waals surface area contributed by atoms with Crippen LogP contribution in [0.15, 0.2) is 30.3 Å². The Balaban J connectivity index is 0.00000108. The Hall–Kier alpha value is -1.51. The van der Waals surface area contributed by atoms with Gasteiger partial charge in [0.25, 0.3) is 0 Å². The van der Waals surface area contributed by atoms with Crippen molar-refractivity contribution in [1.29, 1.82) is 0 Å². The molecule has 0 aliphatic heterocycles. The standard InChI is InChI=1S/C19H32.CH2O3/c1-2-3-4-5-6-7-8-9-10-11-13-16-19-17-14-12-15-18-19;2-1(3)4/h12,14-15,17-18H,2-11,13,16H2,1H3;(H2,2,3,4). The van der Waals surface area contributed by atoms with E-state index in [-0.39, 0.29) is 0 Å². The fourth-order valence-electron chi connectivity index (χ4n) is 2.64. The smallest absolute Gasteiger partial charge is 0.450 e. The summed E-state index contributed by atoms with van der Waals surface area (Å²) in [6.07, 6.45) is 15.2. The third kappa shape index (κ3) is 18.4. The number of hydrogen-bond donors (Lipinski definition) is 2. The van der Waals surface area contributed by atoms with E-state index >= 15 is 0 Å². The summed E-state index contributed by atoms with van der Waals surface area (Å²) in [6, 6.07) is 10.9. The highest BCUT2D eigenvalue weighted by Crippen LogP contribution is 2.12. The molecule has 3 nitrogen and oxygen atoms in total. The SMILES string of the molecule is CCCCCCCCCCCCCc1ccccc1.O=C(O)O. The highest BCUT2D eigenvalue weighted by atomic mass is 16.6. The molecule has 2 N–H and O–H groups in total. The number of carboxylic acid groups (broad SMARTS) is 2. The molecule has 0 atom stereocenters. The first kappa shape index (κ1) is 21.5. The molecule has 132 valence electrons. The van der Waals surface area contributed by atoms with E-state index < -0.39 is 6.16 Å². The summed E-state index contributed by atoms with van der Waals surface area (Å²) in [5.74, 6) is 0. The van der Waals surface area contributed by atoms with Crippen LogP contribution in [0.1, 0.15) is 83.1 Å². The third-order valence-corrected chi connectivity index (χ3v) is 3.91. The monoisotopic (exact) mass is 322 g/mol. The van der Waals surface area contributed by atoms with Crippen molar-refractivity contribution in [2.45, 2.75) is 84.0 Å². The second-order valence-corrected chi connectivity index (χ2v) is 6.05. The quantitative estimate of drug-likeness (QED) is 0.418. The molecule has 0 spiro atoms. The van der Waals surface area contributed by atoms with Gasteiger partial charge in [-0.2, -0.15) is 0 Å². The second-order valence-electron chi connectivity index (χ2n) is 6.05. The molecular weight excluding hydrogens is 288 g/mol. The summed E-state index contributed by atoms with van der Waals surface area (Å²) in [5, 5.41) is 13.9. The zero-order valence-corrected chi connectivity index (χ0v) is 14.7. The molecule has 1 aromatic rings. The van der Waals surface area contributed by atoms with Crippen molar-refractivity contribution in [1.82, 2.24) is 0 Å². The predicted molar refractivity (Wildman–Crippen MR) is 97.3 cm³/mol.